The van der Waals surface area contributed by atoms with Gasteiger partial charge in [0.15, 0.2) is 0 Å². The van der Waals surface area contributed by atoms with Crippen molar-refractivity contribution in [2.75, 3.05) is 13.1 Å². The second-order valence-electron chi connectivity index (χ2n) is 6.92. The fourth-order valence-electron chi connectivity index (χ4n) is 3.53. The molecule has 0 N–H and O–H groups in total. The number of benzene rings is 1. The summed E-state index contributed by atoms with van der Waals surface area (Å²) in [5, 5.41) is 17.4. The van der Waals surface area contributed by atoms with Crippen LogP contribution in [0.5, 0.6) is 5.88 Å². The number of pyridine rings is 1. The van der Waals surface area contributed by atoms with Gasteiger partial charge in [-0.2, -0.15) is 20.3 Å². The highest BCUT2D eigenvalue weighted by Gasteiger charge is 2.28. The highest BCUT2D eigenvalue weighted by Crippen LogP contribution is 2.23. The fourth-order valence-corrected chi connectivity index (χ4v) is 3.53. The second kappa shape index (κ2) is 8.10. The highest BCUT2D eigenvalue weighted by atomic mass is 16.5. The van der Waals surface area contributed by atoms with Crippen LogP contribution in [0.2, 0.25) is 0 Å². The van der Waals surface area contributed by atoms with Crippen molar-refractivity contribution in [2.45, 2.75) is 25.9 Å². The molecule has 1 aliphatic rings. The first-order valence-electron chi connectivity index (χ1n) is 9.44. The second-order valence-corrected chi connectivity index (χ2v) is 6.92. The van der Waals surface area contributed by atoms with Crippen LogP contribution in [-0.2, 0) is 0 Å². The lowest BCUT2D eigenvalue weighted by Crippen LogP contribution is -2.45. The van der Waals surface area contributed by atoms with E-state index in [1.165, 1.54) is 4.80 Å². The largest absolute Gasteiger partial charge is 0.472 e. The molecular weight excluding hydrogens is 368 g/mol. The van der Waals surface area contributed by atoms with Crippen LogP contribution in [0.25, 0.3) is 5.69 Å². The minimum absolute atomic E-state index is 0.0672. The van der Waals surface area contributed by atoms with Gasteiger partial charge in [-0.15, -0.1) is 0 Å². The average Bonchev–Trinajstić information content (AvgIpc) is 3.28. The van der Waals surface area contributed by atoms with Gasteiger partial charge in [0.1, 0.15) is 6.10 Å². The standard InChI is InChI=1S/C21H20N6O2/c1-15-4-2-6-18(27-24-9-10-25-27)20(15)21(28)26-11-3-5-17(14-26)29-19-12-16(13-22)7-8-23-19/h2,4,6-10,12,17H,3,5,11,14H2,1H3/t17-/m1/s1. The average molecular weight is 388 g/mol. The predicted molar refractivity (Wildman–Crippen MR) is 105 cm³/mol. The maximum Gasteiger partial charge on any atom is 0.256 e. The zero-order valence-electron chi connectivity index (χ0n) is 16.0. The van der Waals surface area contributed by atoms with E-state index in [0.29, 0.717) is 35.8 Å². The van der Waals surface area contributed by atoms with Crippen LogP contribution >= 0.6 is 0 Å². The number of ether oxygens (including phenoxy) is 1. The van der Waals surface area contributed by atoms with Gasteiger partial charge in [0.25, 0.3) is 5.91 Å². The molecule has 2 aromatic heterocycles. The summed E-state index contributed by atoms with van der Waals surface area (Å²) < 4.78 is 5.96. The van der Waals surface area contributed by atoms with Gasteiger partial charge in [0.05, 0.1) is 41.8 Å². The van der Waals surface area contributed by atoms with Gasteiger partial charge in [-0.25, -0.2) is 4.98 Å². The Morgan fingerprint density at radius 1 is 1.24 bits per heavy atom. The molecule has 1 atom stereocenters. The molecule has 3 aromatic rings. The molecule has 0 bridgehead atoms. The van der Waals surface area contributed by atoms with Crippen LogP contribution < -0.4 is 4.74 Å². The number of nitrogens with zero attached hydrogens (tertiary/aromatic N) is 6. The van der Waals surface area contributed by atoms with Crippen LogP contribution in [-0.4, -0.2) is 50.0 Å². The van der Waals surface area contributed by atoms with Gasteiger partial charge in [0.2, 0.25) is 5.88 Å². The van der Waals surface area contributed by atoms with E-state index >= 15 is 0 Å². The minimum Gasteiger partial charge on any atom is -0.472 e. The summed E-state index contributed by atoms with van der Waals surface area (Å²) >= 11 is 0. The summed E-state index contributed by atoms with van der Waals surface area (Å²) in [5.41, 5.74) is 2.62. The number of piperidine rings is 1. The van der Waals surface area contributed by atoms with Crippen molar-refractivity contribution >= 4 is 5.91 Å². The summed E-state index contributed by atoms with van der Waals surface area (Å²) in [6, 6.07) is 11.0. The molecule has 0 aliphatic carbocycles. The highest BCUT2D eigenvalue weighted by molar-refractivity contribution is 5.99. The molecule has 0 saturated carbocycles. The van der Waals surface area contributed by atoms with Crippen molar-refractivity contribution in [1.82, 2.24) is 24.9 Å². The number of aryl methyl sites for hydroxylation is 1. The third-order valence-electron chi connectivity index (χ3n) is 4.92. The summed E-state index contributed by atoms with van der Waals surface area (Å²) in [5.74, 6) is 0.336. The van der Waals surface area contributed by atoms with Gasteiger partial charge in [0, 0.05) is 18.8 Å². The Hall–Kier alpha value is -3.73. The first kappa shape index (κ1) is 18.6. The van der Waals surface area contributed by atoms with Crippen LogP contribution in [0.3, 0.4) is 0 Å². The molecule has 1 aliphatic heterocycles. The monoisotopic (exact) mass is 388 g/mol. The lowest BCUT2D eigenvalue weighted by molar-refractivity contribution is 0.0527. The summed E-state index contributed by atoms with van der Waals surface area (Å²) in [6.45, 7) is 3.03. The molecule has 8 heteroatoms. The summed E-state index contributed by atoms with van der Waals surface area (Å²) in [7, 11) is 0. The Bertz CT molecular complexity index is 1060. The molecule has 0 unspecified atom stereocenters. The number of amides is 1. The molecule has 0 spiro atoms. The molecule has 146 valence electrons. The molecule has 8 nitrogen and oxygen atoms in total. The van der Waals surface area contributed by atoms with Gasteiger partial charge in [-0.3, -0.25) is 4.79 Å². The molecule has 0 radical (unpaired) electrons. The predicted octanol–water partition coefficient (Wildman–Crippen LogP) is 2.53. The van der Waals surface area contributed by atoms with E-state index < -0.39 is 0 Å². The van der Waals surface area contributed by atoms with Crippen LogP contribution in [0.4, 0.5) is 0 Å². The smallest absolute Gasteiger partial charge is 0.256 e. The number of hydrogen-bond donors (Lipinski definition) is 0. The molecule has 3 heterocycles. The zero-order chi connectivity index (χ0) is 20.2. The van der Waals surface area contributed by atoms with Crippen molar-refractivity contribution in [1.29, 1.82) is 5.26 Å². The fraction of sp³-hybridized carbons (Fsp3) is 0.286. The van der Waals surface area contributed by atoms with E-state index in [-0.39, 0.29) is 12.0 Å². The topological polar surface area (TPSA) is 96.9 Å². The lowest BCUT2D eigenvalue weighted by Gasteiger charge is -2.33. The van der Waals surface area contributed by atoms with E-state index in [1.807, 2.05) is 25.1 Å². The van der Waals surface area contributed by atoms with Crippen molar-refractivity contribution in [3.8, 4) is 17.6 Å². The Labute approximate surface area is 168 Å². The number of nitriles is 1. The molecule has 1 aromatic carbocycles. The third-order valence-corrected chi connectivity index (χ3v) is 4.92. The molecule has 1 fully saturated rings. The number of rotatable bonds is 4. The lowest BCUT2D eigenvalue weighted by atomic mass is 10.0. The molecule has 1 amide bonds. The summed E-state index contributed by atoms with van der Waals surface area (Å²) in [4.78, 5) is 20.8. The maximum atomic E-state index is 13.4. The Morgan fingerprint density at radius 3 is 2.86 bits per heavy atom. The number of hydrogen-bond acceptors (Lipinski definition) is 6. The third kappa shape index (κ3) is 3.94. The molecule has 29 heavy (non-hydrogen) atoms. The zero-order valence-corrected chi connectivity index (χ0v) is 16.0. The van der Waals surface area contributed by atoms with Gasteiger partial charge in [-0.1, -0.05) is 12.1 Å². The maximum absolute atomic E-state index is 13.4. The molecular formula is C21H20N6O2. The van der Waals surface area contributed by atoms with E-state index in [0.717, 1.165) is 18.4 Å². The Morgan fingerprint density at radius 2 is 2.07 bits per heavy atom. The van der Waals surface area contributed by atoms with Crippen LogP contribution in [0.15, 0.2) is 48.9 Å². The van der Waals surface area contributed by atoms with Gasteiger partial charge >= 0.3 is 0 Å². The van der Waals surface area contributed by atoms with Gasteiger partial charge < -0.3 is 9.64 Å². The van der Waals surface area contributed by atoms with Gasteiger partial charge in [-0.05, 0) is 37.5 Å². The quantitative estimate of drug-likeness (QED) is 0.681. The van der Waals surface area contributed by atoms with Crippen LogP contribution in [0.1, 0.15) is 34.3 Å². The molecule has 4 rings (SSSR count). The first-order chi connectivity index (χ1) is 14.2. The van der Waals surface area contributed by atoms with E-state index in [2.05, 4.69) is 21.3 Å². The van der Waals surface area contributed by atoms with Crippen molar-refractivity contribution < 1.29 is 9.53 Å². The molecule has 1 saturated heterocycles. The Kier molecular flexibility index (Phi) is 5.20. The first-order valence-corrected chi connectivity index (χ1v) is 9.44. The van der Waals surface area contributed by atoms with E-state index in [1.54, 1.807) is 35.6 Å². The van der Waals surface area contributed by atoms with E-state index in [9.17, 15) is 4.79 Å². The SMILES string of the molecule is Cc1cccc(-n2nccn2)c1C(=O)N1CCC[C@@H](Oc2cc(C#N)ccn2)C1. The van der Waals surface area contributed by atoms with Crippen molar-refractivity contribution in [3.05, 3.63) is 65.6 Å². The number of likely N-dealkylation sites (tertiary alicyclic amines) is 1. The number of carbonyl (C=O) groups excluding carboxylic acids is 1. The normalized spacial score (nSPS) is 16.3. The summed E-state index contributed by atoms with van der Waals surface area (Å²) in [6.07, 6.45) is 6.20. The number of carbonyl (C=O) groups is 1. The Balaban J connectivity index is 1.55. The van der Waals surface area contributed by atoms with Crippen molar-refractivity contribution in [2.24, 2.45) is 0 Å². The number of aromatic nitrogens is 4. The van der Waals surface area contributed by atoms with Crippen molar-refractivity contribution in [3.63, 3.8) is 0 Å². The van der Waals surface area contributed by atoms with E-state index in [4.69, 9.17) is 10.00 Å². The van der Waals surface area contributed by atoms with Crippen LogP contribution in [0, 0.1) is 18.3 Å². The minimum atomic E-state index is -0.176.